The Labute approximate surface area is 77.9 Å². The summed E-state index contributed by atoms with van der Waals surface area (Å²) in [6, 6.07) is 0. The highest BCUT2D eigenvalue weighted by molar-refractivity contribution is 7.18. The summed E-state index contributed by atoms with van der Waals surface area (Å²) in [5.41, 5.74) is 0. The molecule has 0 bridgehead atoms. The number of hydrogen-bond donors (Lipinski definition) is 0. The molecular weight excluding hydrogens is 192 g/mol. The number of rotatable bonds is 1. The van der Waals surface area contributed by atoms with Crippen LogP contribution in [0.1, 0.15) is 0 Å². The predicted octanol–water partition coefficient (Wildman–Crippen LogP) is 3.53. The van der Waals surface area contributed by atoms with Crippen molar-refractivity contribution in [2.45, 2.75) is 39.3 Å². The SMILES string of the molecule is CO[Si](C)(C)C.C[Si](C)(C)Cl. The van der Waals surface area contributed by atoms with Crippen LogP contribution in [-0.2, 0) is 4.43 Å². The van der Waals surface area contributed by atoms with Crippen LogP contribution in [0.3, 0.4) is 0 Å². The van der Waals surface area contributed by atoms with E-state index in [1.54, 1.807) is 7.11 Å². The number of halogens is 1. The molecule has 70 valence electrons. The summed E-state index contributed by atoms with van der Waals surface area (Å²) < 4.78 is 5.08. The lowest BCUT2D eigenvalue weighted by Crippen LogP contribution is -2.22. The van der Waals surface area contributed by atoms with Crippen LogP contribution in [0.2, 0.25) is 39.3 Å². The van der Waals surface area contributed by atoms with Gasteiger partial charge in [0.25, 0.3) is 0 Å². The molecule has 0 radical (unpaired) electrons. The van der Waals surface area contributed by atoms with Crippen molar-refractivity contribution >= 4 is 26.8 Å². The molecule has 11 heavy (non-hydrogen) atoms. The normalized spacial score (nSPS) is 12.0. The molecule has 0 aliphatic heterocycles. The molecule has 0 atom stereocenters. The minimum atomic E-state index is -1.14. The van der Waals surface area contributed by atoms with E-state index in [9.17, 15) is 0 Å². The second kappa shape index (κ2) is 5.35. The minimum Gasteiger partial charge on any atom is -0.421 e. The summed E-state index contributed by atoms with van der Waals surface area (Å²) >= 11 is 5.67. The van der Waals surface area contributed by atoms with Crippen molar-refractivity contribution in [3.05, 3.63) is 0 Å². The third-order valence-corrected chi connectivity index (χ3v) is 1.84. The van der Waals surface area contributed by atoms with Gasteiger partial charge in [0.1, 0.15) is 7.38 Å². The van der Waals surface area contributed by atoms with Crippen LogP contribution in [0.15, 0.2) is 0 Å². The van der Waals surface area contributed by atoms with Crippen LogP contribution < -0.4 is 0 Å². The van der Waals surface area contributed by atoms with E-state index in [-0.39, 0.29) is 0 Å². The summed E-state index contributed by atoms with van der Waals surface area (Å²) in [5, 5.41) is 0. The van der Waals surface area contributed by atoms with Gasteiger partial charge in [0, 0.05) is 7.11 Å². The lowest BCUT2D eigenvalue weighted by atomic mass is 11.8. The molecule has 0 aliphatic carbocycles. The van der Waals surface area contributed by atoms with Gasteiger partial charge >= 0.3 is 0 Å². The first-order valence-corrected chi connectivity index (χ1v) is 11.7. The van der Waals surface area contributed by atoms with Gasteiger partial charge in [-0.05, 0) is 19.6 Å². The fourth-order valence-corrected chi connectivity index (χ4v) is 0. The topological polar surface area (TPSA) is 9.23 Å². The van der Waals surface area contributed by atoms with Gasteiger partial charge in [-0.3, -0.25) is 0 Å². The van der Waals surface area contributed by atoms with Crippen molar-refractivity contribution in [1.82, 2.24) is 0 Å². The van der Waals surface area contributed by atoms with E-state index in [0.29, 0.717) is 0 Å². The smallest absolute Gasteiger partial charge is 0.183 e. The fraction of sp³-hybridized carbons (Fsp3) is 1.00. The lowest BCUT2D eigenvalue weighted by Gasteiger charge is -2.10. The predicted molar refractivity (Wildman–Crippen MR) is 59.6 cm³/mol. The molecule has 0 aromatic heterocycles. The van der Waals surface area contributed by atoms with Crippen LogP contribution in [0.4, 0.5) is 0 Å². The molecule has 0 aromatic carbocycles. The van der Waals surface area contributed by atoms with E-state index in [1.165, 1.54) is 0 Å². The highest BCUT2D eigenvalue weighted by atomic mass is 35.6. The second-order valence-corrected chi connectivity index (χ2v) is 16.6. The Hall–Kier alpha value is 0.684. The summed E-state index contributed by atoms with van der Waals surface area (Å²) in [4.78, 5) is 0. The van der Waals surface area contributed by atoms with E-state index in [1.807, 2.05) is 0 Å². The second-order valence-electron chi connectivity index (χ2n) is 4.38. The fourth-order valence-electron chi connectivity index (χ4n) is 0. The molecule has 0 fully saturated rings. The van der Waals surface area contributed by atoms with E-state index in [4.69, 9.17) is 15.5 Å². The molecule has 0 aliphatic rings. The van der Waals surface area contributed by atoms with Crippen LogP contribution >= 0.6 is 11.1 Å². The monoisotopic (exact) mass is 212 g/mol. The van der Waals surface area contributed by atoms with Crippen LogP contribution in [-0.4, -0.2) is 22.8 Å². The summed E-state index contributed by atoms with van der Waals surface area (Å²) in [6.07, 6.45) is 0. The lowest BCUT2D eigenvalue weighted by molar-refractivity contribution is 0.411. The van der Waals surface area contributed by atoms with Gasteiger partial charge < -0.3 is 4.43 Å². The molecule has 0 unspecified atom stereocenters. The quantitative estimate of drug-likeness (QED) is 0.478. The van der Waals surface area contributed by atoms with E-state index in [0.717, 1.165) is 0 Å². The maximum absolute atomic E-state index is 5.67. The third kappa shape index (κ3) is 59.4. The van der Waals surface area contributed by atoms with Crippen molar-refractivity contribution in [2.75, 3.05) is 7.11 Å². The third-order valence-electron chi connectivity index (χ3n) is 0.612. The maximum Gasteiger partial charge on any atom is 0.183 e. The molecule has 0 rings (SSSR count). The van der Waals surface area contributed by atoms with Crippen LogP contribution in [0.25, 0.3) is 0 Å². The Bertz CT molecular complexity index is 87.6. The van der Waals surface area contributed by atoms with E-state index in [2.05, 4.69) is 39.3 Å². The molecule has 0 amide bonds. The maximum atomic E-state index is 5.67. The number of hydrogen-bond acceptors (Lipinski definition) is 1. The minimum absolute atomic E-state index is 1.13. The highest BCUT2D eigenvalue weighted by Crippen LogP contribution is 2.03. The molecule has 0 saturated heterocycles. The van der Waals surface area contributed by atoms with Crippen molar-refractivity contribution in [3.63, 3.8) is 0 Å². The summed E-state index contributed by atoms with van der Waals surface area (Å²) in [5.74, 6) is 0. The molecule has 0 heterocycles. The van der Waals surface area contributed by atoms with Crippen LogP contribution in [0, 0.1) is 0 Å². The average Bonchev–Trinajstić information content (AvgIpc) is 1.59. The van der Waals surface area contributed by atoms with Gasteiger partial charge in [-0.15, -0.1) is 0 Å². The van der Waals surface area contributed by atoms with E-state index < -0.39 is 15.7 Å². The Morgan fingerprint density at radius 1 is 0.909 bits per heavy atom. The molecule has 0 N–H and O–H groups in total. The first-order chi connectivity index (χ1) is 4.56. The van der Waals surface area contributed by atoms with Crippen molar-refractivity contribution in [2.24, 2.45) is 0 Å². The first kappa shape index (κ1) is 14.2. The molecule has 0 spiro atoms. The van der Waals surface area contributed by atoms with Crippen molar-refractivity contribution in [1.29, 1.82) is 0 Å². The van der Waals surface area contributed by atoms with E-state index >= 15 is 0 Å². The van der Waals surface area contributed by atoms with Gasteiger partial charge in [-0.1, -0.05) is 19.6 Å². The zero-order chi connectivity index (χ0) is 9.71. The molecule has 1 nitrogen and oxygen atoms in total. The summed E-state index contributed by atoms with van der Waals surface area (Å²) in [7, 11) is -0.500. The van der Waals surface area contributed by atoms with Crippen LogP contribution in [0.5, 0.6) is 0 Å². The standard InChI is InChI=1S/C4H12OSi.C3H9ClSi/c1-5-6(2,3)4;1-5(2,3)4/h1-4H3;1-3H3. The summed E-state index contributed by atoms with van der Waals surface area (Å²) in [6.45, 7) is 12.8. The molecule has 4 heteroatoms. The Balaban J connectivity index is 0. The van der Waals surface area contributed by atoms with Gasteiger partial charge in [0.05, 0.1) is 0 Å². The molecular formula is C7H21ClOSi2. The van der Waals surface area contributed by atoms with Gasteiger partial charge in [-0.25, -0.2) is 0 Å². The molecule has 0 saturated carbocycles. The zero-order valence-corrected chi connectivity index (χ0v) is 11.5. The largest absolute Gasteiger partial charge is 0.421 e. The van der Waals surface area contributed by atoms with Gasteiger partial charge in [-0.2, -0.15) is 11.1 Å². The molecule has 0 aromatic rings. The first-order valence-electron chi connectivity index (χ1n) is 3.80. The van der Waals surface area contributed by atoms with Crippen molar-refractivity contribution in [3.8, 4) is 0 Å². The van der Waals surface area contributed by atoms with Gasteiger partial charge in [0.2, 0.25) is 0 Å². The van der Waals surface area contributed by atoms with Crippen molar-refractivity contribution < 1.29 is 4.43 Å². The Kier molecular flexibility index (Phi) is 6.92. The van der Waals surface area contributed by atoms with Gasteiger partial charge in [0.15, 0.2) is 8.32 Å². The zero-order valence-electron chi connectivity index (χ0n) is 8.79. The Morgan fingerprint density at radius 2 is 1.00 bits per heavy atom. The average molecular weight is 213 g/mol. The Morgan fingerprint density at radius 3 is 1.00 bits per heavy atom. The highest BCUT2D eigenvalue weighted by Gasteiger charge is 2.09.